The van der Waals surface area contributed by atoms with E-state index < -0.39 is 18.1 Å². The SMILES string of the molecule is CN(C(=O)OCC1c2ccccc2-c2ccccc21)[C@@H](CSC(C)(C)C)C(=O)O. The summed E-state index contributed by atoms with van der Waals surface area (Å²) < 4.78 is 5.49. The maximum atomic E-state index is 12.6. The summed E-state index contributed by atoms with van der Waals surface area (Å²) in [5.74, 6) is -0.774. The second-order valence-electron chi connectivity index (χ2n) is 8.19. The summed E-state index contributed by atoms with van der Waals surface area (Å²) in [4.78, 5) is 25.5. The van der Waals surface area contributed by atoms with Gasteiger partial charge in [-0.15, -0.1) is 0 Å². The van der Waals surface area contributed by atoms with Crippen LogP contribution in [0.5, 0.6) is 0 Å². The largest absolute Gasteiger partial charge is 0.480 e. The van der Waals surface area contributed by atoms with E-state index in [1.165, 1.54) is 23.7 Å². The fourth-order valence-corrected chi connectivity index (χ4v) is 4.52. The molecule has 3 rings (SSSR count). The second-order valence-corrected chi connectivity index (χ2v) is 10.0. The van der Waals surface area contributed by atoms with Crippen molar-refractivity contribution in [3.63, 3.8) is 0 Å². The van der Waals surface area contributed by atoms with Gasteiger partial charge >= 0.3 is 12.1 Å². The number of hydrogen-bond donors (Lipinski definition) is 1. The standard InChI is InChI=1S/C23H27NO4S/c1-23(2,3)29-14-20(21(25)26)24(4)22(27)28-13-19-17-11-7-5-9-15(17)16-10-6-8-12-18(16)19/h5-12,19-20H,13-14H2,1-4H3,(H,25,26)/t20-/m0/s1. The predicted molar refractivity (Wildman–Crippen MR) is 116 cm³/mol. The van der Waals surface area contributed by atoms with E-state index in [-0.39, 0.29) is 17.3 Å². The molecule has 154 valence electrons. The first-order valence-corrected chi connectivity index (χ1v) is 10.6. The number of carboxylic acid groups (broad SMARTS) is 1. The number of carbonyl (C=O) groups excluding carboxylic acids is 1. The van der Waals surface area contributed by atoms with E-state index in [0.717, 1.165) is 22.3 Å². The first-order valence-electron chi connectivity index (χ1n) is 9.63. The molecular formula is C23H27NO4S. The van der Waals surface area contributed by atoms with Crippen molar-refractivity contribution >= 4 is 23.8 Å². The quantitative estimate of drug-likeness (QED) is 0.733. The van der Waals surface area contributed by atoms with Gasteiger partial charge in [-0.25, -0.2) is 9.59 Å². The highest BCUT2D eigenvalue weighted by Crippen LogP contribution is 2.44. The van der Waals surface area contributed by atoms with Crippen LogP contribution >= 0.6 is 11.8 Å². The lowest BCUT2D eigenvalue weighted by Gasteiger charge is -2.27. The summed E-state index contributed by atoms with van der Waals surface area (Å²) in [7, 11) is 1.49. The number of ether oxygens (including phenoxy) is 1. The number of carbonyl (C=O) groups is 2. The van der Waals surface area contributed by atoms with Gasteiger partial charge in [0.15, 0.2) is 0 Å². The molecule has 2 aromatic rings. The molecule has 29 heavy (non-hydrogen) atoms. The van der Waals surface area contributed by atoms with E-state index in [1.807, 2.05) is 45.0 Å². The number of fused-ring (bicyclic) bond motifs is 3. The monoisotopic (exact) mass is 413 g/mol. The highest BCUT2D eigenvalue weighted by Gasteiger charge is 2.32. The molecule has 2 aromatic carbocycles. The number of amides is 1. The zero-order chi connectivity index (χ0) is 21.2. The van der Waals surface area contributed by atoms with E-state index >= 15 is 0 Å². The fraction of sp³-hybridized carbons (Fsp3) is 0.391. The zero-order valence-corrected chi connectivity index (χ0v) is 18.0. The minimum atomic E-state index is -1.03. The Morgan fingerprint density at radius 1 is 1.07 bits per heavy atom. The van der Waals surface area contributed by atoms with Gasteiger partial charge in [0.2, 0.25) is 0 Å². The number of aliphatic carboxylic acids is 1. The molecule has 0 aliphatic heterocycles. The number of rotatable bonds is 6. The molecule has 0 aromatic heterocycles. The lowest BCUT2D eigenvalue weighted by atomic mass is 9.98. The molecule has 0 unspecified atom stereocenters. The highest BCUT2D eigenvalue weighted by atomic mass is 32.2. The minimum absolute atomic E-state index is 0.0491. The van der Waals surface area contributed by atoms with Crippen LogP contribution in [-0.4, -0.2) is 52.3 Å². The molecule has 1 aliphatic carbocycles. The summed E-state index contributed by atoms with van der Waals surface area (Å²) in [6, 6.07) is 15.3. The van der Waals surface area contributed by atoms with Gasteiger partial charge in [0.25, 0.3) is 0 Å². The third-order valence-corrected chi connectivity index (χ3v) is 6.40. The van der Waals surface area contributed by atoms with Gasteiger partial charge in [0.05, 0.1) is 0 Å². The van der Waals surface area contributed by atoms with Crippen molar-refractivity contribution in [2.45, 2.75) is 37.5 Å². The van der Waals surface area contributed by atoms with Crippen LogP contribution in [0.1, 0.15) is 37.8 Å². The number of nitrogens with zero attached hydrogens (tertiary/aromatic N) is 1. The molecule has 0 fully saturated rings. The van der Waals surface area contributed by atoms with Gasteiger partial charge in [-0.05, 0) is 22.3 Å². The summed E-state index contributed by atoms with van der Waals surface area (Å²) >= 11 is 1.51. The Morgan fingerprint density at radius 3 is 2.07 bits per heavy atom. The van der Waals surface area contributed by atoms with Crippen molar-refractivity contribution in [2.24, 2.45) is 0 Å². The Hall–Kier alpha value is -2.47. The van der Waals surface area contributed by atoms with E-state index in [2.05, 4.69) is 24.3 Å². The fourth-order valence-electron chi connectivity index (χ4n) is 3.50. The number of thioether (sulfide) groups is 1. The van der Waals surface area contributed by atoms with Gasteiger partial charge in [-0.2, -0.15) is 11.8 Å². The average Bonchev–Trinajstić information content (AvgIpc) is 2.99. The molecule has 0 bridgehead atoms. The Kier molecular flexibility index (Phi) is 6.22. The smallest absolute Gasteiger partial charge is 0.410 e. The van der Waals surface area contributed by atoms with Crippen LogP contribution in [0.3, 0.4) is 0 Å². The summed E-state index contributed by atoms with van der Waals surface area (Å²) in [6.07, 6.45) is -0.617. The molecule has 5 nitrogen and oxygen atoms in total. The molecule has 1 amide bonds. The van der Waals surface area contributed by atoms with Crippen molar-refractivity contribution in [1.82, 2.24) is 4.90 Å². The topological polar surface area (TPSA) is 66.8 Å². The van der Waals surface area contributed by atoms with E-state index in [0.29, 0.717) is 5.75 Å². The van der Waals surface area contributed by atoms with Gasteiger partial charge in [-0.3, -0.25) is 4.90 Å². The van der Waals surface area contributed by atoms with Crippen molar-refractivity contribution in [3.8, 4) is 11.1 Å². The van der Waals surface area contributed by atoms with E-state index in [4.69, 9.17) is 4.74 Å². The van der Waals surface area contributed by atoms with Crippen molar-refractivity contribution in [2.75, 3.05) is 19.4 Å². The number of hydrogen-bond acceptors (Lipinski definition) is 4. The summed E-state index contributed by atoms with van der Waals surface area (Å²) in [5.41, 5.74) is 4.56. The van der Waals surface area contributed by atoms with Crippen LogP contribution < -0.4 is 0 Å². The molecule has 1 atom stereocenters. The summed E-state index contributed by atoms with van der Waals surface area (Å²) in [6.45, 7) is 6.23. The molecule has 0 saturated carbocycles. The molecule has 0 heterocycles. The van der Waals surface area contributed by atoms with Crippen LogP contribution in [0, 0.1) is 0 Å². The van der Waals surface area contributed by atoms with Crippen molar-refractivity contribution in [1.29, 1.82) is 0 Å². The molecule has 1 aliphatic rings. The van der Waals surface area contributed by atoms with Gasteiger partial charge < -0.3 is 9.84 Å². The Balaban J connectivity index is 1.70. The van der Waals surface area contributed by atoms with Crippen molar-refractivity contribution < 1.29 is 19.4 Å². The van der Waals surface area contributed by atoms with Crippen LogP contribution in [0.2, 0.25) is 0 Å². The van der Waals surface area contributed by atoms with Gasteiger partial charge in [0.1, 0.15) is 12.6 Å². The molecule has 6 heteroatoms. The minimum Gasteiger partial charge on any atom is -0.480 e. The van der Waals surface area contributed by atoms with Gasteiger partial charge in [-0.1, -0.05) is 69.3 Å². The average molecular weight is 414 g/mol. The van der Waals surface area contributed by atoms with E-state index in [1.54, 1.807) is 0 Å². The lowest BCUT2D eigenvalue weighted by molar-refractivity contribution is -0.141. The normalized spacial score (nSPS) is 14.1. The Labute approximate surface area is 176 Å². The van der Waals surface area contributed by atoms with Gasteiger partial charge in [0, 0.05) is 23.5 Å². The first kappa shape index (κ1) is 21.2. The van der Waals surface area contributed by atoms with Crippen LogP contribution in [0.4, 0.5) is 4.79 Å². The van der Waals surface area contributed by atoms with Crippen LogP contribution in [0.25, 0.3) is 11.1 Å². The van der Waals surface area contributed by atoms with Crippen molar-refractivity contribution in [3.05, 3.63) is 59.7 Å². The third kappa shape index (κ3) is 4.75. The molecule has 0 saturated heterocycles. The molecular weight excluding hydrogens is 386 g/mol. The zero-order valence-electron chi connectivity index (χ0n) is 17.2. The number of benzene rings is 2. The molecule has 1 N–H and O–H groups in total. The maximum absolute atomic E-state index is 12.6. The molecule has 0 radical (unpaired) electrons. The highest BCUT2D eigenvalue weighted by molar-refractivity contribution is 8.00. The second kappa shape index (κ2) is 8.49. The first-order chi connectivity index (χ1) is 13.7. The van der Waals surface area contributed by atoms with Crippen LogP contribution in [-0.2, 0) is 9.53 Å². The maximum Gasteiger partial charge on any atom is 0.410 e. The number of likely N-dealkylation sites (N-methyl/N-ethyl adjacent to an activating group) is 1. The molecule has 0 spiro atoms. The summed E-state index contributed by atoms with van der Waals surface area (Å²) in [5, 5.41) is 9.57. The predicted octanol–water partition coefficient (Wildman–Crippen LogP) is 4.85. The third-order valence-electron chi connectivity index (χ3n) is 5.05. The van der Waals surface area contributed by atoms with Crippen LogP contribution in [0.15, 0.2) is 48.5 Å². The lowest BCUT2D eigenvalue weighted by Crippen LogP contribution is -2.45. The Morgan fingerprint density at radius 2 is 1.59 bits per heavy atom. The Bertz CT molecular complexity index is 860. The van der Waals surface area contributed by atoms with E-state index in [9.17, 15) is 14.7 Å². The number of carboxylic acids is 1.